The molecule has 0 saturated heterocycles. The van der Waals surface area contributed by atoms with Crippen LogP contribution in [0.15, 0.2) is 18.2 Å². The van der Waals surface area contributed by atoms with E-state index in [4.69, 9.17) is 15.6 Å². The average molecular weight is 238 g/mol. The normalized spacial score (nSPS) is 12.3. The topological polar surface area (TPSA) is 58.7 Å². The highest BCUT2D eigenvalue weighted by molar-refractivity contribution is 5.54. The average Bonchev–Trinajstić information content (AvgIpc) is 2.39. The Hall–Kier alpha value is -1.26. The van der Waals surface area contributed by atoms with E-state index in [0.29, 0.717) is 0 Å². The zero-order chi connectivity index (χ0) is 12.8. The molecule has 0 aliphatic heterocycles. The summed E-state index contributed by atoms with van der Waals surface area (Å²) in [5.41, 5.74) is 7.77. The van der Waals surface area contributed by atoms with Crippen molar-refractivity contribution >= 4 is 5.69 Å². The molecule has 4 nitrogen and oxygen atoms in total. The minimum atomic E-state index is -0.393. The molecule has 0 fully saturated rings. The Labute approximate surface area is 103 Å². The van der Waals surface area contributed by atoms with Gasteiger partial charge in [-0.3, -0.25) is 0 Å². The molecule has 0 aliphatic carbocycles. The standard InChI is InChI=1S/C13H22N2O2/c1-4-15(5-2)10-6-7-11(12(14)9-16)13(8-10)17-3/h6-8,12,16H,4-5,9,14H2,1-3H3/t12-/m1/s1. The second-order valence-corrected chi connectivity index (χ2v) is 3.89. The summed E-state index contributed by atoms with van der Waals surface area (Å²) in [4.78, 5) is 2.23. The fourth-order valence-corrected chi connectivity index (χ4v) is 1.89. The van der Waals surface area contributed by atoms with Gasteiger partial charge in [-0.05, 0) is 19.9 Å². The molecule has 1 rings (SSSR count). The van der Waals surface area contributed by atoms with Crippen LogP contribution in [0.2, 0.25) is 0 Å². The van der Waals surface area contributed by atoms with Crippen molar-refractivity contribution in [2.45, 2.75) is 19.9 Å². The second-order valence-electron chi connectivity index (χ2n) is 3.89. The molecular formula is C13H22N2O2. The summed E-state index contributed by atoms with van der Waals surface area (Å²) < 4.78 is 5.33. The van der Waals surface area contributed by atoms with Crippen LogP contribution in [0.4, 0.5) is 5.69 Å². The van der Waals surface area contributed by atoms with Crippen molar-refractivity contribution in [1.82, 2.24) is 0 Å². The van der Waals surface area contributed by atoms with Gasteiger partial charge in [-0.25, -0.2) is 0 Å². The molecule has 0 spiro atoms. The molecule has 1 aromatic carbocycles. The molecule has 0 radical (unpaired) electrons. The van der Waals surface area contributed by atoms with Crippen LogP contribution in [0.5, 0.6) is 5.75 Å². The summed E-state index contributed by atoms with van der Waals surface area (Å²) in [5.74, 6) is 0.732. The maximum atomic E-state index is 9.09. The molecule has 1 aromatic rings. The van der Waals surface area contributed by atoms with Crippen molar-refractivity contribution in [3.8, 4) is 5.75 Å². The maximum absolute atomic E-state index is 9.09. The van der Waals surface area contributed by atoms with Gasteiger partial charge >= 0.3 is 0 Å². The first-order valence-electron chi connectivity index (χ1n) is 5.97. The van der Waals surface area contributed by atoms with E-state index in [2.05, 4.69) is 18.7 Å². The molecule has 3 N–H and O–H groups in total. The highest BCUT2D eigenvalue weighted by Crippen LogP contribution is 2.28. The fourth-order valence-electron chi connectivity index (χ4n) is 1.89. The van der Waals surface area contributed by atoms with E-state index in [9.17, 15) is 0 Å². The van der Waals surface area contributed by atoms with Gasteiger partial charge in [-0.2, -0.15) is 0 Å². The highest BCUT2D eigenvalue weighted by Gasteiger charge is 2.13. The predicted octanol–water partition coefficient (Wildman–Crippen LogP) is 1.53. The number of benzene rings is 1. The van der Waals surface area contributed by atoms with Crippen LogP contribution >= 0.6 is 0 Å². The first-order chi connectivity index (χ1) is 8.17. The lowest BCUT2D eigenvalue weighted by molar-refractivity contribution is 0.264. The van der Waals surface area contributed by atoms with Gasteiger partial charge in [-0.15, -0.1) is 0 Å². The molecule has 1 atom stereocenters. The Morgan fingerprint density at radius 1 is 1.35 bits per heavy atom. The van der Waals surface area contributed by atoms with Gasteiger partial charge in [0.1, 0.15) is 5.75 Å². The van der Waals surface area contributed by atoms with Crippen molar-refractivity contribution in [1.29, 1.82) is 0 Å². The lowest BCUT2D eigenvalue weighted by atomic mass is 10.1. The van der Waals surface area contributed by atoms with Gasteiger partial charge in [0.2, 0.25) is 0 Å². The molecule has 96 valence electrons. The van der Waals surface area contributed by atoms with Gasteiger partial charge in [0.25, 0.3) is 0 Å². The first kappa shape index (κ1) is 13.8. The summed E-state index contributed by atoms with van der Waals surface area (Å²) >= 11 is 0. The number of ether oxygens (including phenoxy) is 1. The largest absolute Gasteiger partial charge is 0.496 e. The molecule has 0 unspecified atom stereocenters. The Morgan fingerprint density at radius 2 is 2.00 bits per heavy atom. The van der Waals surface area contributed by atoms with Crippen LogP contribution in [0.3, 0.4) is 0 Å². The Balaban J connectivity index is 3.07. The summed E-state index contributed by atoms with van der Waals surface area (Å²) in [5, 5.41) is 9.09. The van der Waals surface area contributed by atoms with E-state index >= 15 is 0 Å². The third-order valence-corrected chi connectivity index (χ3v) is 2.94. The van der Waals surface area contributed by atoms with Crippen molar-refractivity contribution < 1.29 is 9.84 Å². The molecular weight excluding hydrogens is 216 g/mol. The number of aliphatic hydroxyl groups is 1. The number of nitrogens with two attached hydrogens (primary N) is 1. The molecule has 0 bridgehead atoms. The van der Waals surface area contributed by atoms with Crippen LogP contribution < -0.4 is 15.4 Å². The number of nitrogens with zero attached hydrogens (tertiary/aromatic N) is 1. The smallest absolute Gasteiger partial charge is 0.125 e. The van der Waals surface area contributed by atoms with E-state index in [-0.39, 0.29) is 6.61 Å². The minimum absolute atomic E-state index is 0.0824. The number of rotatable bonds is 6. The lowest BCUT2D eigenvalue weighted by Gasteiger charge is -2.23. The maximum Gasteiger partial charge on any atom is 0.125 e. The zero-order valence-electron chi connectivity index (χ0n) is 10.8. The quantitative estimate of drug-likeness (QED) is 0.789. The molecule has 0 heterocycles. The molecule has 4 heteroatoms. The van der Waals surface area contributed by atoms with Gasteiger partial charge in [0.15, 0.2) is 0 Å². The van der Waals surface area contributed by atoms with Gasteiger partial charge in [-0.1, -0.05) is 6.07 Å². The van der Waals surface area contributed by atoms with E-state index in [1.807, 2.05) is 18.2 Å². The van der Waals surface area contributed by atoms with Crippen molar-refractivity contribution in [3.63, 3.8) is 0 Å². The number of aliphatic hydroxyl groups excluding tert-OH is 1. The zero-order valence-corrected chi connectivity index (χ0v) is 10.8. The summed E-state index contributed by atoms with van der Waals surface area (Å²) in [6.07, 6.45) is 0. The van der Waals surface area contributed by atoms with Gasteiger partial charge in [0, 0.05) is 30.4 Å². The number of hydrogen-bond donors (Lipinski definition) is 2. The highest BCUT2D eigenvalue weighted by atomic mass is 16.5. The van der Waals surface area contributed by atoms with E-state index < -0.39 is 6.04 Å². The molecule has 0 aliphatic rings. The minimum Gasteiger partial charge on any atom is -0.496 e. The third kappa shape index (κ3) is 3.11. The lowest BCUT2D eigenvalue weighted by Crippen LogP contribution is -2.22. The van der Waals surface area contributed by atoms with Crippen molar-refractivity contribution in [3.05, 3.63) is 23.8 Å². The van der Waals surface area contributed by atoms with Gasteiger partial charge < -0.3 is 20.5 Å². The van der Waals surface area contributed by atoms with Crippen LogP contribution in [0.25, 0.3) is 0 Å². The Bertz CT molecular complexity index is 351. The second kappa shape index (κ2) is 6.47. The van der Waals surface area contributed by atoms with Crippen molar-refractivity contribution in [2.24, 2.45) is 5.73 Å². The molecule has 17 heavy (non-hydrogen) atoms. The third-order valence-electron chi connectivity index (χ3n) is 2.94. The van der Waals surface area contributed by atoms with E-state index in [0.717, 1.165) is 30.1 Å². The monoisotopic (exact) mass is 238 g/mol. The summed E-state index contributed by atoms with van der Waals surface area (Å²) in [6.45, 7) is 6.05. The SMILES string of the molecule is CCN(CC)c1ccc([C@H](N)CO)c(OC)c1. The van der Waals surface area contributed by atoms with E-state index in [1.165, 1.54) is 0 Å². The van der Waals surface area contributed by atoms with Gasteiger partial charge in [0.05, 0.1) is 19.8 Å². The van der Waals surface area contributed by atoms with Crippen LogP contribution in [-0.2, 0) is 0 Å². The van der Waals surface area contributed by atoms with Crippen molar-refractivity contribution in [2.75, 3.05) is 31.7 Å². The van der Waals surface area contributed by atoms with Crippen LogP contribution in [-0.4, -0.2) is 31.9 Å². The summed E-state index contributed by atoms with van der Waals surface area (Å²) in [6, 6.07) is 5.52. The molecule has 0 aromatic heterocycles. The molecule has 0 saturated carbocycles. The first-order valence-corrected chi connectivity index (χ1v) is 5.97. The van der Waals surface area contributed by atoms with E-state index in [1.54, 1.807) is 7.11 Å². The Kier molecular flexibility index (Phi) is 5.25. The number of anilines is 1. The Morgan fingerprint density at radius 3 is 2.47 bits per heavy atom. The molecule has 0 amide bonds. The number of hydrogen-bond acceptors (Lipinski definition) is 4. The fraction of sp³-hybridized carbons (Fsp3) is 0.538. The predicted molar refractivity (Wildman–Crippen MR) is 70.6 cm³/mol. The number of methoxy groups -OCH3 is 1. The van der Waals surface area contributed by atoms with Crippen LogP contribution in [0, 0.1) is 0 Å². The van der Waals surface area contributed by atoms with Crippen LogP contribution in [0.1, 0.15) is 25.5 Å². The summed E-state index contributed by atoms with van der Waals surface area (Å²) in [7, 11) is 1.62.